The Morgan fingerprint density at radius 1 is 1.35 bits per heavy atom. The first kappa shape index (κ1) is 14.9. The highest BCUT2D eigenvalue weighted by atomic mass is 16.5. The number of rotatable bonds is 4. The van der Waals surface area contributed by atoms with Crippen molar-refractivity contribution < 1.29 is 9.53 Å². The number of carbonyl (C=O) groups excluding carboxylic acids is 1. The van der Waals surface area contributed by atoms with Crippen LogP contribution in [0.5, 0.6) is 5.75 Å². The monoisotopic (exact) mass is 276 g/mol. The minimum atomic E-state index is -0.102. The number of aryl methyl sites for hydroxylation is 1. The van der Waals surface area contributed by atoms with Crippen molar-refractivity contribution in [1.82, 2.24) is 4.90 Å². The second-order valence-electron chi connectivity index (χ2n) is 5.56. The molecule has 1 atom stereocenters. The topological polar surface area (TPSA) is 55.6 Å². The number of amides is 1. The number of piperidine rings is 1. The largest absolute Gasteiger partial charge is 0.483 e. The van der Waals surface area contributed by atoms with Crippen molar-refractivity contribution in [3.63, 3.8) is 0 Å². The lowest BCUT2D eigenvalue weighted by molar-refractivity contribution is -0.134. The van der Waals surface area contributed by atoms with Crippen LogP contribution in [0, 0.1) is 6.92 Å². The highest BCUT2D eigenvalue weighted by Crippen LogP contribution is 2.25. The first-order valence-corrected chi connectivity index (χ1v) is 7.34. The van der Waals surface area contributed by atoms with Crippen LogP contribution < -0.4 is 10.5 Å². The molecular formula is C16H24N2O2. The Morgan fingerprint density at radius 2 is 2.05 bits per heavy atom. The molecule has 0 aromatic heterocycles. The third-order valence-electron chi connectivity index (χ3n) is 3.72. The molecule has 1 heterocycles. The number of hydrogen-bond donors (Lipinski definition) is 1. The van der Waals surface area contributed by atoms with Crippen LogP contribution in [0.3, 0.4) is 0 Å². The maximum atomic E-state index is 12.1. The fourth-order valence-corrected chi connectivity index (χ4v) is 2.53. The van der Waals surface area contributed by atoms with Crippen LogP contribution in [0.15, 0.2) is 18.2 Å². The Kier molecular flexibility index (Phi) is 5.01. The van der Waals surface area contributed by atoms with Gasteiger partial charge in [0.25, 0.3) is 5.91 Å². The molecule has 1 aromatic carbocycles. The summed E-state index contributed by atoms with van der Waals surface area (Å²) in [5.41, 5.74) is 8.06. The Bertz CT molecular complexity index is 466. The van der Waals surface area contributed by atoms with Gasteiger partial charge in [0.1, 0.15) is 5.75 Å². The van der Waals surface area contributed by atoms with Crippen molar-refractivity contribution >= 4 is 5.91 Å². The molecule has 20 heavy (non-hydrogen) atoms. The standard InChI is InChI=1S/C16H24N2O2/c1-12-6-7-15(14(10-12)13(2)17)20-11-16(19)18-8-4-3-5-9-18/h6-7,10,13H,3-5,8-9,11,17H2,1-2H3/t13-/m1/s1. The zero-order valence-corrected chi connectivity index (χ0v) is 12.4. The first-order chi connectivity index (χ1) is 9.58. The average molecular weight is 276 g/mol. The SMILES string of the molecule is Cc1ccc(OCC(=O)N2CCCCC2)c([C@@H](C)N)c1. The molecule has 2 N–H and O–H groups in total. The lowest BCUT2D eigenvalue weighted by Gasteiger charge is -2.26. The fraction of sp³-hybridized carbons (Fsp3) is 0.562. The van der Waals surface area contributed by atoms with E-state index >= 15 is 0 Å². The van der Waals surface area contributed by atoms with Crippen molar-refractivity contribution in [3.8, 4) is 5.75 Å². The van der Waals surface area contributed by atoms with Gasteiger partial charge in [0.15, 0.2) is 6.61 Å². The van der Waals surface area contributed by atoms with Crippen LogP contribution in [0.25, 0.3) is 0 Å². The van der Waals surface area contributed by atoms with Crippen LogP contribution in [0.2, 0.25) is 0 Å². The van der Waals surface area contributed by atoms with Crippen molar-refractivity contribution in [2.75, 3.05) is 19.7 Å². The Labute approximate surface area is 120 Å². The van der Waals surface area contributed by atoms with Gasteiger partial charge in [-0.25, -0.2) is 0 Å². The molecular weight excluding hydrogens is 252 g/mol. The lowest BCUT2D eigenvalue weighted by atomic mass is 10.1. The van der Waals surface area contributed by atoms with E-state index in [0.717, 1.165) is 42.8 Å². The maximum Gasteiger partial charge on any atom is 0.260 e. The van der Waals surface area contributed by atoms with Gasteiger partial charge < -0.3 is 15.4 Å². The highest BCUT2D eigenvalue weighted by Gasteiger charge is 2.17. The molecule has 4 heteroatoms. The molecule has 110 valence electrons. The molecule has 1 aliphatic heterocycles. The summed E-state index contributed by atoms with van der Waals surface area (Å²) in [7, 11) is 0. The Balaban J connectivity index is 1.98. The smallest absolute Gasteiger partial charge is 0.260 e. The summed E-state index contributed by atoms with van der Waals surface area (Å²) in [4.78, 5) is 14.0. The number of likely N-dealkylation sites (tertiary alicyclic amines) is 1. The van der Waals surface area contributed by atoms with Crippen LogP contribution in [0.1, 0.15) is 43.4 Å². The van der Waals surface area contributed by atoms with Gasteiger partial charge in [-0.2, -0.15) is 0 Å². The number of nitrogens with zero attached hydrogens (tertiary/aromatic N) is 1. The van der Waals surface area contributed by atoms with Crippen molar-refractivity contribution in [1.29, 1.82) is 0 Å². The molecule has 0 unspecified atom stereocenters. The number of carbonyl (C=O) groups is 1. The minimum Gasteiger partial charge on any atom is -0.483 e. The summed E-state index contributed by atoms with van der Waals surface area (Å²) in [6.45, 7) is 5.76. The number of nitrogens with two attached hydrogens (primary N) is 1. The van der Waals surface area contributed by atoms with Gasteiger partial charge in [-0.3, -0.25) is 4.79 Å². The molecule has 1 saturated heterocycles. The van der Waals surface area contributed by atoms with Crippen molar-refractivity contribution in [3.05, 3.63) is 29.3 Å². The molecule has 1 aromatic rings. The average Bonchev–Trinajstić information content (AvgIpc) is 2.46. The second kappa shape index (κ2) is 6.75. The van der Waals surface area contributed by atoms with Gasteiger partial charge in [0.05, 0.1) is 0 Å². The van der Waals surface area contributed by atoms with Crippen molar-refractivity contribution in [2.45, 2.75) is 39.2 Å². The van der Waals surface area contributed by atoms with E-state index in [9.17, 15) is 4.79 Å². The van der Waals surface area contributed by atoms with Gasteiger partial charge in [-0.15, -0.1) is 0 Å². The van der Waals surface area contributed by atoms with E-state index in [1.807, 2.05) is 36.9 Å². The zero-order valence-electron chi connectivity index (χ0n) is 12.4. The molecule has 4 nitrogen and oxygen atoms in total. The molecule has 0 radical (unpaired) electrons. The van der Waals surface area contributed by atoms with Crippen LogP contribution >= 0.6 is 0 Å². The molecule has 0 saturated carbocycles. The van der Waals surface area contributed by atoms with E-state index in [2.05, 4.69) is 0 Å². The normalized spacial score (nSPS) is 16.9. The predicted molar refractivity (Wildman–Crippen MR) is 79.7 cm³/mol. The first-order valence-electron chi connectivity index (χ1n) is 7.34. The van der Waals surface area contributed by atoms with E-state index < -0.39 is 0 Å². The van der Waals surface area contributed by atoms with Gasteiger partial charge in [-0.1, -0.05) is 17.7 Å². The summed E-state index contributed by atoms with van der Waals surface area (Å²) >= 11 is 0. The minimum absolute atomic E-state index is 0.0703. The van der Waals surface area contributed by atoms with E-state index in [1.54, 1.807) is 0 Å². The highest BCUT2D eigenvalue weighted by molar-refractivity contribution is 5.77. The number of ether oxygens (including phenoxy) is 1. The molecule has 1 amide bonds. The maximum absolute atomic E-state index is 12.1. The summed E-state index contributed by atoms with van der Waals surface area (Å²) < 4.78 is 5.70. The molecule has 0 aliphatic carbocycles. The second-order valence-corrected chi connectivity index (χ2v) is 5.56. The van der Waals surface area contributed by atoms with E-state index in [0.29, 0.717) is 0 Å². The Hall–Kier alpha value is -1.55. The Morgan fingerprint density at radius 3 is 2.70 bits per heavy atom. The van der Waals surface area contributed by atoms with Crippen LogP contribution in [-0.4, -0.2) is 30.5 Å². The lowest BCUT2D eigenvalue weighted by Crippen LogP contribution is -2.38. The van der Waals surface area contributed by atoms with Gasteiger partial charge in [0, 0.05) is 24.7 Å². The molecule has 1 fully saturated rings. The third kappa shape index (κ3) is 3.73. The zero-order chi connectivity index (χ0) is 14.5. The molecule has 2 rings (SSSR count). The van der Waals surface area contributed by atoms with Crippen LogP contribution in [-0.2, 0) is 4.79 Å². The molecule has 0 bridgehead atoms. The third-order valence-corrected chi connectivity index (χ3v) is 3.72. The van der Waals surface area contributed by atoms with Crippen molar-refractivity contribution in [2.24, 2.45) is 5.73 Å². The van der Waals surface area contributed by atoms with Crippen LogP contribution in [0.4, 0.5) is 0 Å². The van der Waals surface area contributed by atoms with E-state index in [4.69, 9.17) is 10.5 Å². The number of benzene rings is 1. The molecule has 1 aliphatic rings. The predicted octanol–water partition coefficient (Wildman–Crippen LogP) is 2.41. The molecule has 0 spiro atoms. The van der Waals surface area contributed by atoms with Gasteiger partial charge in [-0.05, 0) is 39.2 Å². The summed E-state index contributed by atoms with van der Waals surface area (Å²) in [6, 6.07) is 5.80. The summed E-state index contributed by atoms with van der Waals surface area (Å²) in [5, 5.41) is 0. The van der Waals surface area contributed by atoms with Gasteiger partial charge >= 0.3 is 0 Å². The van der Waals surface area contributed by atoms with E-state index in [1.165, 1.54) is 6.42 Å². The quantitative estimate of drug-likeness (QED) is 0.918. The summed E-state index contributed by atoms with van der Waals surface area (Å²) in [5.74, 6) is 0.789. The van der Waals surface area contributed by atoms with E-state index in [-0.39, 0.29) is 18.6 Å². The fourth-order valence-electron chi connectivity index (χ4n) is 2.53. The van der Waals surface area contributed by atoms with Gasteiger partial charge in [0.2, 0.25) is 0 Å². The number of hydrogen-bond acceptors (Lipinski definition) is 3. The summed E-state index contributed by atoms with van der Waals surface area (Å²) in [6.07, 6.45) is 3.42.